The standard InChI is InChI=1S/C13H18O3/c14-13(15)10-6-8-1-2-11(9(5-8)7-10)12-3-4-16-12/h2,8-10,12H,1,3-7H2,(H,14,15)/t8?,9?,10-,12+/m0/s1. The topological polar surface area (TPSA) is 46.5 Å². The highest BCUT2D eigenvalue weighted by Crippen LogP contribution is 2.45. The molecule has 0 spiro atoms. The van der Waals surface area contributed by atoms with Crippen molar-refractivity contribution in [1.29, 1.82) is 0 Å². The lowest BCUT2D eigenvalue weighted by molar-refractivity contribution is -0.144. The molecule has 0 amide bonds. The van der Waals surface area contributed by atoms with Crippen LogP contribution in [0.5, 0.6) is 0 Å². The summed E-state index contributed by atoms with van der Waals surface area (Å²) in [5.41, 5.74) is 1.41. The zero-order chi connectivity index (χ0) is 11.1. The van der Waals surface area contributed by atoms with Crippen LogP contribution in [0.4, 0.5) is 0 Å². The van der Waals surface area contributed by atoms with Gasteiger partial charge in [-0.2, -0.15) is 0 Å². The van der Waals surface area contributed by atoms with E-state index in [2.05, 4.69) is 6.08 Å². The van der Waals surface area contributed by atoms with Gasteiger partial charge in [0.05, 0.1) is 18.6 Å². The number of carboxylic acids is 1. The van der Waals surface area contributed by atoms with E-state index >= 15 is 0 Å². The first-order valence-electron chi connectivity index (χ1n) is 6.28. The lowest BCUT2D eigenvalue weighted by Gasteiger charge is -2.42. The van der Waals surface area contributed by atoms with Gasteiger partial charge in [0.15, 0.2) is 0 Å². The minimum atomic E-state index is -0.606. The van der Waals surface area contributed by atoms with Gasteiger partial charge in [0, 0.05) is 6.42 Å². The number of hydrogen-bond donors (Lipinski definition) is 1. The maximum Gasteiger partial charge on any atom is 0.306 e. The van der Waals surface area contributed by atoms with Crippen molar-refractivity contribution >= 4 is 5.97 Å². The second-order valence-corrected chi connectivity index (χ2v) is 5.39. The highest BCUT2D eigenvalue weighted by Gasteiger charge is 2.39. The van der Waals surface area contributed by atoms with Crippen LogP contribution in [0, 0.1) is 17.8 Å². The molecule has 0 aromatic heterocycles. The fourth-order valence-electron chi connectivity index (χ4n) is 3.47. The largest absolute Gasteiger partial charge is 0.481 e. The van der Waals surface area contributed by atoms with E-state index in [-0.39, 0.29) is 5.92 Å². The molecule has 2 fully saturated rings. The summed E-state index contributed by atoms with van der Waals surface area (Å²) in [5, 5.41) is 9.14. The molecule has 4 atom stereocenters. The van der Waals surface area contributed by atoms with E-state index < -0.39 is 5.97 Å². The summed E-state index contributed by atoms with van der Waals surface area (Å²) in [6.45, 7) is 0.876. The van der Waals surface area contributed by atoms with Crippen LogP contribution in [0.15, 0.2) is 11.6 Å². The zero-order valence-corrected chi connectivity index (χ0v) is 9.39. The summed E-state index contributed by atoms with van der Waals surface area (Å²) in [6, 6.07) is 0. The SMILES string of the molecule is O=C(O)[C@H]1CC2CC=C([C@H]3CCO3)C(C2)C1. The molecule has 1 heterocycles. The van der Waals surface area contributed by atoms with Gasteiger partial charge in [0.25, 0.3) is 0 Å². The number of carbonyl (C=O) groups is 1. The third kappa shape index (κ3) is 1.67. The Labute approximate surface area is 95.5 Å². The number of fused-ring (bicyclic) bond motifs is 2. The van der Waals surface area contributed by atoms with Crippen LogP contribution in [-0.2, 0) is 9.53 Å². The summed E-state index contributed by atoms with van der Waals surface area (Å²) < 4.78 is 5.54. The Morgan fingerprint density at radius 1 is 1.38 bits per heavy atom. The van der Waals surface area contributed by atoms with E-state index in [4.69, 9.17) is 9.84 Å². The second-order valence-electron chi connectivity index (χ2n) is 5.39. The minimum absolute atomic E-state index is 0.118. The molecule has 1 aliphatic heterocycles. The van der Waals surface area contributed by atoms with Gasteiger partial charge < -0.3 is 9.84 Å². The molecule has 0 radical (unpaired) electrons. The van der Waals surface area contributed by atoms with Crippen molar-refractivity contribution in [1.82, 2.24) is 0 Å². The number of hydrogen-bond acceptors (Lipinski definition) is 2. The van der Waals surface area contributed by atoms with E-state index in [9.17, 15) is 4.79 Å². The van der Waals surface area contributed by atoms with Gasteiger partial charge in [-0.15, -0.1) is 0 Å². The number of aliphatic carboxylic acids is 1. The molecule has 3 aliphatic rings. The molecule has 3 rings (SSSR count). The molecule has 1 saturated heterocycles. The van der Waals surface area contributed by atoms with Gasteiger partial charge in [-0.1, -0.05) is 6.08 Å². The number of carboxylic acid groups (broad SMARTS) is 1. The van der Waals surface area contributed by atoms with E-state index in [1.807, 2.05) is 0 Å². The maximum atomic E-state index is 11.1. The molecule has 3 nitrogen and oxygen atoms in total. The average molecular weight is 222 g/mol. The van der Waals surface area contributed by atoms with Crippen molar-refractivity contribution < 1.29 is 14.6 Å². The molecule has 3 heteroatoms. The van der Waals surface area contributed by atoms with E-state index in [0.29, 0.717) is 17.9 Å². The average Bonchev–Trinajstić information content (AvgIpc) is 2.19. The van der Waals surface area contributed by atoms with Gasteiger partial charge >= 0.3 is 5.97 Å². The number of allylic oxidation sites excluding steroid dienone is 1. The van der Waals surface area contributed by atoms with Crippen molar-refractivity contribution in [3.05, 3.63) is 11.6 Å². The Morgan fingerprint density at radius 3 is 2.81 bits per heavy atom. The number of rotatable bonds is 2. The fraction of sp³-hybridized carbons (Fsp3) is 0.769. The molecule has 0 aromatic carbocycles. The first-order chi connectivity index (χ1) is 7.74. The maximum absolute atomic E-state index is 11.1. The molecule has 16 heavy (non-hydrogen) atoms. The lowest BCUT2D eigenvalue weighted by Crippen LogP contribution is -2.38. The van der Waals surface area contributed by atoms with Gasteiger partial charge in [-0.05, 0) is 43.1 Å². The Bertz CT molecular complexity index is 330. The number of ether oxygens (including phenoxy) is 1. The van der Waals surface area contributed by atoms with Crippen LogP contribution in [0.1, 0.15) is 32.1 Å². The predicted molar refractivity (Wildman–Crippen MR) is 59.0 cm³/mol. The van der Waals surface area contributed by atoms with Gasteiger partial charge in [0.1, 0.15) is 0 Å². The van der Waals surface area contributed by atoms with E-state index in [0.717, 1.165) is 32.3 Å². The highest BCUT2D eigenvalue weighted by molar-refractivity contribution is 5.70. The third-order valence-electron chi connectivity index (χ3n) is 4.38. The van der Waals surface area contributed by atoms with Crippen LogP contribution >= 0.6 is 0 Å². The summed E-state index contributed by atoms with van der Waals surface area (Å²) in [6.07, 6.45) is 7.74. The Kier molecular flexibility index (Phi) is 2.51. The minimum Gasteiger partial charge on any atom is -0.481 e. The van der Waals surface area contributed by atoms with Crippen molar-refractivity contribution in [2.45, 2.75) is 38.2 Å². The Hall–Kier alpha value is -0.830. The van der Waals surface area contributed by atoms with Gasteiger partial charge in [-0.3, -0.25) is 4.79 Å². The third-order valence-corrected chi connectivity index (χ3v) is 4.38. The second kappa shape index (κ2) is 3.88. The van der Waals surface area contributed by atoms with Crippen molar-refractivity contribution in [3.63, 3.8) is 0 Å². The van der Waals surface area contributed by atoms with Crippen LogP contribution in [0.2, 0.25) is 0 Å². The summed E-state index contributed by atoms with van der Waals surface area (Å²) in [7, 11) is 0. The summed E-state index contributed by atoms with van der Waals surface area (Å²) in [5.74, 6) is 0.362. The summed E-state index contributed by atoms with van der Waals surface area (Å²) in [4.78, 5) is 11.1. The highest BCUT2D eigenvalue weighted by atomic mass is 16.5. The molecule has 1 N–H and O–H groups in total. The molecular formula is C13H18O3. The van der Waals surface area contributed by atoms with Crippen LogP contribution in [0.25, 0.3) is 0 Å². The van der Waals surface area contributed by atoms with Crippen LogP contribution < -0.4 is 0 Å². The van der Waals surface area contributed by atoms with Crippen molar-refractivity contribution in [2.75, 3.05) is 6.61 Å². The quantitative estimate of drug-likeness (QED) is 0.729. The zero-order valence-electron chi connectivity index (χ0n) is 9.39. The Morgan fingerprint density at radius 2 is 2.19 bits per heavy atom. The molecule has 2 unspecified atom stereocenters. The monoisotopic (exact) mass is 222 g/mol. The normalized spacial score (nSPS) is 42.1. The van der Waals surface area contributed by atoms with Gasteiger partial charge in [-0.25, -0.2) is 0 Å². The molecule has 1 saturated carbocycles. The molecule has 88 valence electrons. The van der Waals surface area contributed by atoms with Crippen LogP contribution in [0.3, 0.4) is 0 Å². The molecule has 2 bridgehead atoms. The smallest absolute Gasteiger partial charge is 0.306 e. The van der Waals surface area contributed by atoms with E-state index in [1.165, 1.54) is 12.0 Å². The van der Waals surface area contributed by atoms with Crippen LogP contribution in [-0.4, -0.2) is 23.8 Å². The molecule has 2 aliphatic carbocycles. The predicted octanol–water partition coefficient (Wildman–Crippen LogP) is 2.22. The first-order valence-corrected chi connectivity index (χ1v) is 6.28. The fourth-order valence-corrected chi connectivity index (χ4v) is 3.47. The molecule has 0 aromatic rings. The summed E-state index contributed by atoms with van der Waals surface area (Å²) >= 11 is 0. The first kappa shape index (κ1) is 10.3. The molecular weight excluding hydrogens is 204 g/mol. The lowest BCUT2D eigenvalue weighted by atomic mass is 9.66. The van der Waals surface area contributed by atoms with Crippen molar-refractivity contribution in [3.8, 4) is 0 Å². The Balaban J connectivity index is 1.76. The van der Waals surface area contributed by atoms with Gasteiger partial charge in [0.2, 0.25) is 0 Å². The van der Waals surface area contributed by atoms with Crippen molar-refractivity contribution in [2.24, 2.45) is 17.8 Å². The van der Waals surface area contributed by atoms with E-state index in [1.54, 1.807) is 0 Å².